The largest absolute Gasteiger partial charge is 0.493 e. The molecule has 1 heterocycles. The van der Waals surface area contributed by atoms with Gasteiger partial charge in [-0.1, -0.05) is 15.9 Å². The van der Waals surface area contributed by atoms with Crippen LogP contribution >= 0.6 is 37.9 Å². The van der Waals surface area contributed by atoms with E-state index >= 15 is 0 Å². The van der Waals surface area contributed by atoms with E-state index in [1.165, 1.54) is 0 Å². The van der Waals surface area contributed by atoms with Gasteiger partial charge in [0.05, 0.1) is 17.9 Å². The minimum Gasteiger partial charge on any atom is -0.493 e. The predicted molar refractivity (Wildman–Crippen MR) is 84.2 cm³/mol. The van der Waals surface area contributed by atoms with Crippen LogP contribution in [-0.2, 0) is 9.05 Å². The molecule has 0 amide bonds. The lowest BCUT2D eigenvalue weighted by Gasteiger charge is -2.08. The highest BCUT2D eigenvalue weighted by atomic mass is 79.9. The third-order valence-electron chi connectivity index (χ3n) is 2.45. The van der Waals surface area contributed by atoms with Gasteiger partial charge in [-0.05, 0) is 32.0 Å². The Balaban J connectivity index is 2.60. The van der Waals surface area contributed by atoms with Gasteiger partial charge in [-0.15, -0.1) is 11.3 Å². The molecule has 0 saturated heterocycles. The number of hydrogen-bond acceptors (Lipinski definition) is 5. The van der Waals surface area contributed by atoms with Crippen molar-refractivity contribution < 1.29 is 13.2 Å². The van der Waals surface area contributed by atoms with Gasteiger partial charge in [-0.25, -0.2) is 13.4 Å². The number of rotatable bonds is 4. The maximum absolute atomic E-state index is 11.5. The zero-order valence-electron chi connectivity index (χ0n) is 10.7. The number of ether oxygens (including phenoxy) is 1. The molecule has 0 fully saturated rings. The van der Waals surface area contributed by atoms with E-state index in [2.05, 4.69) is 20.9 Å². The standard InChI is InChI=1S/C12H11BrClNO3S2/c1-3-18-10-5-4-8(13)6-9(10)11-15-7(2)12(19-11)20(14,16)17/h4-6H,3H2,1-2H3. The van der Waals surface area contributed by atoms with E-state index in [1.807, 2.05) is 25.1 Å². The Labute approximate surface area is 134 Å². The summed E-state index contributed by atoms with van der Waals surface area (Å²) in [6.07, 6.45) is 0. The summed E-state index contributed by atoms with van der Waals surface area (Å²) in [4.78, 5) is 4.29. The van der Waals surface area contributed by atoms with Gasteiger partial charge >= 0.3 is 0 Å². The number of aryl methyl sites for hydroxylation is 1. The Kier molecular flexibility index (Phi) is 4.73. The number of benzene rings is 1. The fraction of sp³-hybridized carbons (Fsp3) is 0.250. The van der Waals surface area contributed by atoms with E-state index in [-0.39, 0.29) is 4.21 Å². The summed E-state index contributed by atoms with van der Waals surface area (Å²) in [5, 5.41) is 0.562. The summed E-state index contributed by atoms with van der Waals surface area (Å²) in [6, 6.07) is 5.51. The molecule has 0 atom stereocenters. The van der Waals surface area contributed by atoms with Gasteiger partial charge in [-0.3, -0.25) is 0 Å². The van der Waals surface area contributed by atoms with Crippen LogP contribution in [0, 0.1) is 6.92 Å². The first-order valence-electron chi connectivity index (χ1n) is 5.67. The first-order chi connectivity index (χ1) is 9.32. The van der Waals surface area contributed by atoms with Crippen molar-refractivity contribution in [1.29, 1.82) is 0 Å². The van der Waals surface area contributed by atoms with E-state index < -0.39 is 9.05 Å². The maximum atomic E-state index is 11.5. The van der Waals surface area contributed by atoms with E-state index in [0.29, 0.717) is 23.1 Å². The van der Waals surface area contributed by atoms with Crippen molar-refractivity contribution in [2.45, 2.75) is 18.1 Å². The molecule has 1 aromatic carbocycles. The highest BCUT2D eigenvalue weighted by Crippen LogP contribution is 2.38. The first kappa shape index (κ1) is 15.8. The van der Waals surface area contributed by atoms with Gasteiger partial charge in [0.2, 0.25) is 0 Å². The zero-order valence-corrected chi connectivity index (χ0v) is 14.7. The van der Waals surface area contributed by atoms with Crippen LogP contribution in [0.5, 0.6) is 5.75 Å². The molecule has 108 valence electrons. The molecule has 0 radical (unpaired) electrons. The maximum Gasteiger partial charge on any atom is 0.272 e. The van der Waals surface area contributed by atoms with Crippen LogP contribution in [0.25, 0.3) is 10.6 Å². The summed E-state index contributed by atoms with van der Waals surface area (Å²) in [6.45, 7) is 4.01. The molecule has 0 spiro atoms. The molecular weight excluding hydrogens is 386 g/mol. The molecule has 0 N–H and O–H groups in total. The minimum absolute atomic E-state index is 0.0663. The Bertz CT molecular complexity index is 743. The summed E-state index contributed by atoms with van der Waals surface area (Å²) in [5.41, 5.74) is 1.13. The molecular formula is C12H11BrClNO3S2. The van der Waals surface area contributed by atoms with Gasteiger partial charge in [0.25, 0.3) is 9.05 Å². The van der Waals surface area contributed by atoms with E-state index in [4.69, 9.17) is 15.4 Å². The van der Waals surface area contributed by atoms with Crippen molar-refractivity contribution in [2.75, 3.05) is 6.61 Å². The number of nitrogens with zero attached hydrogens (tertiary/aromatic N) is 1. The van der Waals surface area contributed by atoms with Crippen LogP contribution in [0.3, 0.4) is 0 Å². The number of halogens is 2. The number of thiazole rings is 1. The molecule has 20 heavy (non-hydrogen) atoms. The van der Waals surface area contributed by atoms with Crippen LogP contribution in [0.1, 0.15) is 12.6 Å². The zero-order chi connectivity index (χ0) is 14.9. The highest BCUT2D eigenvalue weighted by Gasteiger charge is 2.21. The second-order valence-corrected chi connectivity index (χ2v) is 8.58. The van der Waals surface area contributed by atoms with Gasteiger partial charge in [-0.2, -0.15) is 0 Å². The number of hydrogen-bond donors (Lipinski definition) is 0. The minimum atomic E-state index is -3.78. The predicted octanol–water partition coefficient (Wildman–Crippen LogP) is 4.21. The topological polar surface area (TPSA) is 56.3 Å². The molecule has 1 aromatic heterocycles. The van der Waals surface area contributed by atoms with Crippen LogP contribution in [0.4, 0.5) is 0 Å². The van der Waals surface area contributed by atoms with Crippen LogP contribution in [0.2, 0.25) is 0 Å². The molecule has 0 unspecified atom stereocenters. The molecule has 0 aliphatic heterocycles. The van der Waals surface area contributed by atoms with Crippen molar-refractivity contribution in [3.8, 4) is 16.3 Å². The van der Waals surface area contributed by atoms with Gasteiger partial charge in [0, 0.05) is 15.2 Å². The number of aromatic nitrogens is 1. The fourth-order valence-corrected chi connectivity index (χ4v) is 4.51. The van der Waals surface area contributed by atoms with Crippen molar-refractivity contribution in [2.24, 2.45) is 0 Å². The Morgan fingerprint density at radius 2 is 2.15 bits per heavy atom. The van der Waals surface area contributed by atoms with Gasteiger partial charge in [0.1, 0.15) is 10.8 Å². The average molecular weight is 397 g/mol. The summed E-state index contributed by atoms with van der Waals surface area (Å²) >= 11 is 4.42. The highest BCUT2D eigenvalue weighted by molar-refractivity contribution is 9.10. The van der Waals surface area contributed by atoms with E-state index in [9.17, 15) is 8.42 Å². The third-order valence-corrected chi connectivity index (χ3v) is 6.31. The smallest absolute Gasteiger partial charge is 0.272 e. The second-order valence-electron chi connectivity index (χ2n) is 3.90. The van der Waals surface area contributed by atoms with E-state index in [0.717, 1.165) is 21.4 Å². The molecule has 2 aromatic rings. The quantitative estimate of drug-likeness (QED) is 0.727. The third kappa shape index (κ3) is 3.33. The lowest BCUT2D eigenvalue weighted by Crippen LogP contribution is -1.93. The Hall–Kier alpha value is -0.630. The molecule has 8 heteroatoms. The van der Waals surface area contributed by atoms with E-state index in [1.54, 1.807) is 6.92 Å². The summed E-state index contributed by atoms with van der Waals surface area (Å²) < 4.78 is 29.4. The van der Waals surface area contributed by atoms with Gasteiger partial charge < -0.3 is 4.74 Å². The van der Waals surface area contributed by atoms with Crippen molar-refractivity contribution >= 4 is 47.0 Å². The van der Waals surface area contributed by atoms with Crippen molar-refractivity contribution in [3.05, 3.63) is 28.4 Å². The van der Waals surface area contributed by atoms with Crippen molar-refractivity contribution in [1.82, 2.24) is 4.98 Å². The SMILES string of the molecule is CCOc1ccc(Br)cc1-c1nc(C)c(S(=O)(=O)Cl)s1. The van der Waals surface area contributed by atoms with Crippen LogP contribution in [0.15, 0.2) is 26.9 Å². The summed E-state index contributed by atoms with van der Waals surface area (Å²) in [7, 11) is 1.62. The molecule has 2 rings (SSSR count). The van der Waals surface area contributed by atoms with Gasteiger partial charge in [0.15, 0.2) is 4.21 Å². The second kappa shape index (κ2) is 6.01. The lowest BCUT2D eigenvalue weighted by molar-refractivity contribution is 0.341. The average Bonchev–Trinajstić information content (AvgIpc) is 2.73. The lowest BCUT2D eigenvalue weighted by atomic mass is 10.2. The molecule has 0 saturated carbocycles. The summed E-state index contributed by atoms with van der Waals surface area (Å²) in [5.74, 6) is 0.656. The first-order valence-corrected chi connectivity index (χ1v) is 9.59. The molecule has 4 nitrogen and oxygen atoms in total. The van der Waals surface area contributed by atoms with Crippen LogP contribution < -0.4 is 4.74 Å². The Morgan fingerprint density at radius 1 is 1.45 bits per heavy atom. The molecule has 0 aliphatic rings. The monoisotopic (exact) mass is 395 g/mol. The molecule has 0 aliphatic carbocycles. The Morgan fingerprint density at radius 3 is 2.70 bits per heavy atom. The fourth-order valence-electron chi connectivity index (χ4n) is 1.67. The normalized spacial score (nSPS) is 11.6. The van der Waals surface area contributed by atoms with Crippen molar-refractivity contribution in [3.63, 3.8) is 0 Å². The van der Waals surface area contributed by atoms with Crippen LogP contribution in [-0.4, -0.2) is 20.0 Å². The molecule has 0 bridgehead atoms.